The maximum Gasteiger partial charge on any atom is 0.133 e. The number of nitrogens with one attached hydrogen (secondary N) is 1. The number of fused-ring (bicyclic) bond motifs is 1. The average Bonchev–Trinajstić information content (AvgIpc) is 2.48. The SMILES string of the molecule is COc1ccc(NC2CCCc3ccc(O)cc32)cc1Br. The van der Waals surface area contributed by atoms with Crippen LogP contribution in [0, 0.1) is 0 Å². The van der Waals surface area contributed by atoms with Gasteiger partial charge in [0, 0.05) is 5.69 Å². The summed E-state index contributed by atoms with van der Waals surface area (Å²) in [5.74, 6) is 1.15. The molecule has 1 atom stereocenters. The summed E-state index contributed by atoms with van der Waals surface area (Å²) in [6, 6.07) is 11.9. The minimum absolute atomic E-state index is 0.237. The Morgan fingerprint density at radius 2 is 2.10 bits per heavy atom. The van der Waals surface area contributed by atoms with E-state index in [1.807, 2.05) is 30.3 Å². The highest BCUT2D eigenvalue weighted by Crippen LogP contribution is 2.36. The average molecular weight is 348 g/mol. The standard InChI is InChI=1S/C17H18BrNO2/c1-21-17-8-6-12(9-15(17)18)19-16-4-2-3-11-5-7-13(20)10-14(11)16/h5-10,16,19-20H,2-4H2,1H3. The van der Waals surface area contributed by atoms with Crippen LogP contribution in [-0.4, -0.2) is 12.2 Å². The lowest BCUT2D eigenvalue weighted by atomic mass is 9.87. The van der Waals surface area contributed by atoms with Gasteiger partial charge in [0.05, 0.1) is 17.6 Å². The molecule has 0 amide bonds. The number of anilines is 1. The molecule has 0 bridgehead atoms. The van der Waals surface area contributed by atoms with Gasteiger partial charge in [-0.15, -0.1) is 0 Å². The molecule has 0 saturated heterocycles. The molecule has 0 heterocycles. The monoisotopic (exact) mass is 347 g/mol. The molecule has 0 radical (unpaired) electrons. The summed E-state index contributed by atoms with van der Waals surface area (Å²) in [4.78, 5) is 0. The first-order valence-electron chi connectivity index (χ1n) is 7.09. The first-order valence-corrected chi connectivity index (χ1v) is 7.88. The molecule has 2 aromatic carbocycles. The van der Waals surface area contributed by atoms with Crippen molar-refractivity contribution >= 4 is 21.6 Å². The molecule has 2 N–H and O–H groups in total. The molecule has 1 aliphatic rings. The Labute approximate surface area is 133 Å². The second-order valence-corrected chi connectivity index (χ2v) is 6.18. The first-order chi connectivity index (χ1) is 10.2. The Bertz CT molecular complexity index is 657. The fourth-order valence-corrected chi connectivity index (χ4v) is 3.43. The van der Waals surface area contributed by atoms with E-state index in [0.717, 1.165) is 35.2 Å². The predicted octanol–water partition coefficient (Wildman–Crippen LogP) is 4.65. The Hall–Kier alpha value is -1.68. The fourth-order valence-electron chi connectivity index (χ4n) is 2.89. The van der Waals surface area contributed by atoms with Crippen LogP contribution in [0.25, 0.3) is 0 Å². The van der Waals surface area contributed by atoms with Crippen molar-refractivity contribution in [2.75, 3.05) is 12.4 Å². The van der Waals surface area contributed by atoms with E-state index in [2.05, 4.69) is 21.2 Å². The van der Waals surface area contributed by atoms with Gasteiger partial charge in [-0.25, -0.2) is 0 Å². The van der Waals surface area contributed by atoms with Gasteiger partial charge in [0.25, 0.3) is 0 Å². The van der Waals surface area contributed by atoms with Crippen LogP contribution in [0.5, 0.6) is 11.5 Å². The molecule has 0 aliphatic heterocycles. The largest absolute Gasteiger partial charge is 0.508 e. The molecule has 2 aromatic rings. The second kappa shape index (κ2) is 5.98. The summed E-state index contributed by atoms with van der Waals surface area (Å²) in [6.07, 6.45) is 3.31. The van der Waals surface area contributed by atoms with Crippen LogP contribution in [-0.2, 0) is 6.42 Å². The van der Waals surface area contributed by atoms with Crippen LogP contribution in [0.4, 0.5) is 5.69 Å². The van der Waals surface area contributed by atoms with Gasteiger partial charge < -0.3 is 15.2 Å². The van der Waals surface area contributed by atoms with E-state index in [-0.39, 0.29) is 6.04 Å². The van der Waals surface area contributed by atoms with Gasteiger partial charge in [-0.2, -0.15) is 0 Å². The van der Waals surface area contributed by atoms with Crippen molar-refractivity contribution in [3.8, 4) is 11.5 Å². The van der Waals surface area contributed by atoms with Crippen molar-refractivity contribution in [3.63, 3.8) is 0 Å². The normalized spacial score (nSPS) is 17.1. The number of hydrogen-bond acceptors (Lipinski definition) is 3. The van der Waals surface area contributed by atoms with Crippen molar-refractivity contribution in [2.45, 2.75) is 25.3 Å². The molecule has 0 fully saturated rings. The molecule has 1 aliphatic carbocycles. The van der Waals surface area contributed by atoms with Gasteiger partial charge in [-0.1, -0.05) is 6.07 Å². The zero-order chi connectivity index (χ0) is 14.8. The maximum absolute atomic E-state index is 9.73. The Balaban J connectivity index is 1.86. The minimum Gasteiger partial charge on any atom is -0.508 e. The van der Waals surface area contributed by atoms with E-state index >= 15 is 0 Å². The third-order valence-electron chi connectivity index (χ3n) is 3.94. The number of halogens is 1. The van der Waals surface area contributed by atoms with Gasteiger partial charge in [-0.3, -0.25) is 0 Å². The molecule has 110 valence electrons. The number of hydrogen-bond donors (Lipinski definition) is 2. The van der Waals surface area contributed by atoms with E-state index in [1.54, 1.807) is 13.2 Å². The number of aromatic hydroxyl groups is 1. The van der Waals surface area contributed by atoms with Crippen molar-refractivity contribution in [1.29, 1.82) is 0 Å². The summed E-state index contributed by atoms with van der Waals surface area (Å²) in [5, 5.41) is 13.3. The summed E-state index contributed by atoms with van der Waals surface area (Å²) < 4.78 is 6.19. The van der Waals surface area contributed by atoms with Crippen molar-refractivity contribution in [1.82, 2.24) is 0 Å². The lowest BCUT2D eigenvalue weighted by Crippen LogP contribution is -2.17. The van der Waals surface area contributed by atoms with Crippen LogP contribution >= 0.6 is 15.9 Å². The number of phenolic OH excluding ortho intramolecular Hbond substituents is 1. The van der Waals surface area contributed by atoms with Crippen LogP contribution in [0.1, 0.15) is 30.0 Å². The molecule has 3 rings (SSSR count). The number of ether oxygens (including phenoxy) is 1. The molecule has 0 aromatic heterocycles. The minimum atomic E-state index is 0.237. The molecule has 1 unspecified atom stereocenters. The van der Waals surface area contributed by atoms with Crippen LogP contribution < -0.4 is 10.1 Å². The van der Waals surface area contributed by atoms with E-state index < -0.39 is 0 Å². The third kappa shape index (κ3) is 3.00. The van der Waals surface area contributed by atoms with Gasteiger partial charge in [0.1, 0.15) is 11.5 Å². The smallest absolute Gasteiger partial charge is 0.133 e. The van der Waals surface area contributed by atoms with Gasteiger partial charge in [0.2, 0.25) is 0 Å². The molecule has 3 nitrogen and oxygen atoms in total. The lowest BCUT2D eigenvalue weighted by Gasteiger charge is -2.27. The van der Waals surface area contributed by atoms with Gasteiger partial charge >= 0.3 is 0 Å². The van der Waals surface area contributed by atoms with Crippen molar-refractivity contribution < 1.29 is 9.84 Å². The Morgan fingerprint density at radius 1 is 1.24 bits per heavy atom. The van der Waals surface area contributed by atoms with E-state index in [9.17, 15) is 5.11 Å². The van der Waals surface area contributed by atoms with Crippen LogP contribution in [0.3, 0.4) is 0 Å². The van der Waals surface area contributed by atoms with E-state index in [4.69, 9.17) is 4.74 Å². The molecule has 0 spiro atoms. The van der Waals surface area contributed by atoms with Crippen molar-refractivity contribution in [3.05, 3.63) is 52.0 Å². The zero-order valence-corrected chi connectivity index (χ0v) is 13.5. The van der Waals surface area contributed by atoms with E-state index in [0.29, 0.717) is 5.75 Å². The molecular formula is C17H18BrNO2. The third-order valence-corrected chi connectivity index (χ3v) is 4.56. The molecule has 0 saturated carbocycles. The second-order valence-electron chi connectivity index (χ2n) is 5.32. The summed E-state index contributed by atoms with van der Waals surface area (Å²) in [5.41, 5.74) is 3.57. The van der Waals surface area contributed by atoms with Crippen LogP contribution in [0.15, 0.2) is 40.9 Å². The Morgan fingerprint density at radius 3 is 2.86 bits per heavy atom. The van der Waals surface area contributed by atoms with Gasteiger partial charge in [0.15, 0.2) is 0 Å². The highest BCUT2D eigenvalue weighted by molar-refractivity contribution is 9.10. The number of benzene rings is 2. The highest BCUT2D eigenvalue weighted by atomic mass is 79.9. The quantitative estimate of drug-likeness (QED) is 0.848. The summed E-state index contributed by atoms with van der Waals surface area (Å²) in [6.45, 7) is 0. The topological polar surface area (TPSA) is 41.5 Å². The molecular weight excluding hydrogens is 330 g/mol. The number of rotatable bonds is 3. The molecule has 4 heteroatoms. The highest BCUT2D eigenvalue weighted by Gasteiger charge is 2.20. The summed E-state index contributed by atoms with van der Waals surface area (Å²) >= 11 is 3.51. The van der Waals surface area contributed by atoms with Crippen molar-refractivity contribution in [2.24, 2.45) is 0 Å². The number of phenols is 1. The Kier molecular flexibility index (Phi) is 4.06. The number of methoxy groups -OCH3 is 1. The first kappa shape index (κ1) is 14.3. The van der Waals surface area contributed by atoms with Crippen LogP contribution in [0.2, 0.25) is 0 Å². The predicted molar refractivity (Wildman–Crippen MR) is 88.1 cm³/mol. The zero-order valence-electron chi connectivity index (χ0n) is 11.9. The molecule has 21 heavy (non-hydrogen) atoms. The maximum atomic E-state index is 9.73. The summed E-state index contributed by atoms with van der Waals surface area (Å²) in [7, 11) is 1.66. The van der Waals surface area contributed by atoms with E-state index in [1.165, 1.54) is 11.1 Å². The number of aryl methyl sites for hydroxylation is 1. The fraction of sp³-hybridized carbons (Fsp3) is 0.294. The lowest BCUT2D eigenvalue weighted by molar-refractivity contribution is 0.412. The van der Waals surface area contributed by atoms with Gasteiger partial charge in [-0.05, 0) is 76.7 Å².